The van der Waals surface area contributed by atoms with Gasteiger partial charge in [0.05, 0.1) is 13.0 Å². The maximum Gasteiger partial charge on any atom is 0.163 e. The van der Waals surface area contributed by atoms with E-state index in [0.29, 0.717) is 30.6 Å². The Balaban J connectivity index is 1.93. The molecule has 0 aliphatic heterocycles. The summed E-state index contributed by atoms with van der Waals surface area (Å²) >= 11 is 0. The second-order valence-corrected chi connectivity index (χ2v) is 6.64. The summed E-state index contributed by atoms with van der Waals surface area (Å²) in [6, 6.07) is 16.3. The van der Waals surface area contributed by atoms with E-state index in [1.54, 1.807) is 31.4 Å². The summed E-state index contributed by atoms with van der Waals surface area (Å²) in [6.45, 7) is 0. The summed E-state index contributed by atoms with van der Waals surface area (Å²) < 4.78 is 5.19. The largest absolute Gasteiger partial charge is 0.497 e. The molecule has 4 nitrogen and oxygen atoms in total. The Morgan fingerprint density at radius 1 is 1.00 bits per heavy atom. The zero-order valence-electron chi connectivity index (χ0n) is 14.8. The zero-order valence-corrected chi connectivity index (χ0v) is 14.8. The molecule has 0 N–H and O–H groups in total. The predicted molar refractivity (Wildman–Crippen MR) is 98.5 cm³/mol. The molecule has 0 heterocycles. The van der Waals surface area contributed by atoms with E-state index >= 15 is 0 Å². The van der Waals surface area contributed by atoms with E-state index in [-0.39, 0.29) is 23.8 Å². The molecular weight excluding hydrogens is 328 g/mol. The molecule has 26 heavy (non-hydrogen) atoms. The minimum absolute atomic E-state index is 0.0528. The SMILES string of the molecule is COc1ccc(C(CC(=O)c2ccccc2)C2C(=O)CCCC2=O)cc1. The first kappa shape index (κ1) is 18.1. The monoisotopic (exact) mass is 350 g/mol. The van der Waals surface area contributed by atoms with E-state index in [0.717, 1.165) is 5.56 Å². The van der Waals surface area contributed by atoms with Crippen LogP contribution in [0, 0.1) is 5.92 Å². The first-order valence-corrected chi connectivity index (χ1v) is 8.88. The topological polar surface area (TPSA) is 60.4 Å². The number of hydrogen-bond donors (Lipinski definition) is 0. The van der Waals surface area contributed by atoms with E-state index in [4.69, 9.17) is 4.74 Å². The molecule has 0 radical (unpaired) electrons. The molecule has 2 aromatic carbocycles. The number of carbonyl (C=O) groups excluding carboxylic acids is 3. The van der Waals surface area contributed by atoms with Crippen LogP contribution in [0.25, 0.3) is 0 Å². The second kappa shape index (κ2) is 8.09. The Bertz CT molecular complexity index is 777. The van der Waals surface area contributed by atoms with E-state index in [1.807, 2.05) is 30.3 Å². The van der Waals surface area contributed by atoms with Crippen LogP contribution < -0.4 is 4.74 Å². The first-order valence-electron chi connectivity index (χ1n) is 8.88. The molecule has 1 aliphatic rings. The molecule has 0 spiro atoms. The Labute approximate surface area is 153 Å². The molecule has 1 saturated carbocycles. The molecule has 0 bridgehead atoms. The number of Topliss-reactive ketones (excluding diaryl/α,β-unsaturated/α-hetero) is 3. The highest BCUT2D eigenvalue weighted by molar-refractivity contribution is 6.06. The van der Waals surface area contributed by atoms with Gasteiger partial charge in [-0.05, 0) is 24.1 Å². The van der Waals surface area contributed by atoms with Gasteiger partial charge >= 0.3 is 0 Å². The summed E-state index contributed by atoms with van der Waals surface area (Å²) in [6.07, 6.45) is 1.56. The normalized spacial score (nSPS) is 16.3. The number of benzene rings is 2. The highest BCUT2D eigenvalue weighted by Crippen LogP contribution is 2.36. The number of ketones is 3. The predicted octanol–water partition coefficient (Wildman–Crippen LogP) is 3.99. The van der Waals surface area contributed by atoms with Crippen LogP contribution in [0.15, 0.2) is 54.6 Å². The van der Waals surface area contributed by atoms with Gasteiger partial charge in [0.2, 0.25) is 0 Å². The van der Waals surface area contributed by atoms with Crippen molar-refractivity contribution in [1.29, 1.82) is 0 Å². The highest BCUT2D eigenvalue weighted by atomic mass is 16.5. The van der Waals surface area contributed by atoms with E-state index in [9.17, 15) is 14.4 Å². The highest BCUT2D eigenvalue weighted by Gasteiger charge is 2.38. The van der Waals surface area contributed by atoms with Crippen LogP contribution in [-0.4, -0.2) is 24.5 Å². The Kier molecular flexibility index (Phi) is 5.61. The van der Waals surface area contributed by atoms with Gasteiger partial charge in [0.15, 0.2) is 5.78 Å². The standard InChI is InChI=1S/C22H22O4/c1-26-17-12-10-15(11-13-17)18(22-19(23)8-5-9-20(22)24)14-21(25)16-6-3-2-4-7-16/h2-4,6-7,10-13,18,22H,5,8-9,14H2,1H3. The van der Waals surface area contributed by atoms with Crippen LogP contribution in [0.4, 0.5) is 0 Å². The van der Waals surface area contributed by atoms with Crippen LogP contribution in [0.3, 0.4) is 0 Å². The smallest absolute Gasteiger partial charge is 0.163 e. The Morgan fingerprint density at radius 2 is 1.62 bits per heavy atom. The third-order valence-electron chi connectivity index (χ3n) is 4.99. The van der Waals surface area contributed by atoms with Gasteiger partial charge in [0.1, 0.15) is 17.3 Å². The fraction of sp³-hybridized carbons (Fsp3) is 0.318. The summed E-state index contributed by atoms with van der Waals surface area (Å²) in [5.41, 5.74) is 1.42. The van der Waals surface area contributed by atoms with Crippen molar-refractivity contribution in [1.82, 2.24) is 0 Å². The maximum absolute atomic E-state index is 12.8. The lowest BCUT2D eigenvalue weighted by molar-refractivity contribution is -0.136. The molecular formula is C22H22O4. The van der Waals surface area contributed by atoms with Crippen molar-refractivity contribution in [3.63, 3.8) is 0 Å². The molecule has 3 rings (SSSR count). The lowest BCUT2D eigenvalue weighted by Crippen LogP contribution is -2.34. The van der Waals surface area contributed by atoms with Crippen LogP contribution >= 0.6 is 0 Å². The summed E-state index contributed by atoms with van der Waals surface area (Å²) in [5.74, 6) is -0.634. The summed E-state index contributed by atoms with van der Waals surface area (Å²) in [5, 5.41) is 0. The Hall–Kier alpha value is -2.75. The number of methoxy groups -OCH3 is 1. The Morgan fingerprint density at radius 3 is 2.19 bits per heavy atom. The molecule has 2 aromatic rings. The van der Waals surface area contributed by atoms with Crippen molar-refractivity contribution in [3.8, 4) is 5.75 Å². The molecule has 4 heteroatoms. The second-order valence-electron chi connectivity index (χ2n) is 6.64. The van der Waals surface area contributed by atoms with Crippen molar-refractivity contribution in [2.24, 2.45) is 5.92 Å². The maximum atomic E-state index is 12.8. The minimum atomic E-state index is -0.732. The van der Waals surface area contributed by atoms with E-state index in [1.165, 1.54) is 0 Å². The molecule has 0 aromatic heterocycles. The van der Waals surface area contributed by atoms with Gasteiger partial charge in [-0.2, -0.15) is 0 Å². The molecule has 1 unspecified atom stereocenters. The molecule has 1 atom stereocenters. The van der Waals surface area contributed by atoms with Gasteiger partial charge in [-0.1, -0.05) is 42.5 Å². The third-order valence-corrected chi connectivity index (χ3v) is 4.99. The molecule has 0 saturated heterocycles. The number of hydrogen-bond acceptors (Lipinski definition) is 4. The fourth-order valence-electron chi connectivity index (χ4n) is 3.60. The lowest BCUT2D eigenvalue weighted by Gasteiger charge is -2.28. The molecule has 1 fully saturated rings. The number of carbonyl (C=O) groups is 3. The van der Waals surface area contributed by atoms with E-state index < -0.39 is 11.8 Å². The van der Waals surface area contributed by atoms with Crippen molar-refractivity contribution < 1.29 is 19.1 Å². The van der Waals surface area contributed by atoms with E-state index in [2.05, 4.69) is 0 Å². The van der Waals surface area contributed by atoms with Crippen molar-refractivity contribution in [2.45, 2.75) is 31.6 Å². The number of rotatable bonds is 6. The van der Waals surface area contributed by atoms with Crippen LogP contribution in [-0.2, 0) is 9.59 Å². The first-order chi connectivity index (χ1) is 12.6. The fourth-order valence-corrected chi connectivity index (χ4v) is 3.60. The average molecular weight is 350 g/mol. The van der Waals surface area contributed by atoms with Gasteiger partial charge < -0.3 is 4.74 Å². The number of ether oxygens (including phenoxy) is 1. The van der Waals surface area contributed by atoms with Gasteiger partial charge in [-0.15, -0.1) is 0 Å². The van der Waals surface area contributed by atoms with Crippen molar-refractivity contribution >= 4 is 17.3 Å². The molecule has 134 valence electrons. The quantitative estimate of drug-likeness (QED) is 0.584. The van der Waals surface area contributed by atoms with Gasteiger partial charge in [-0.25, -0.2) is 0 Å². The van der Waals surface area contributed by atoms with Gasteiger partial charge in [0, 0.05) is 30.7 Å². The molecule has 0 amide bonds. The lowest BCUT2D eigenvalue weighted by atomic mass is 9.73. The van der Waals surface area contributed by atoms with Crippen molar-refractivity contribution in [2.75, 3.05) is 7.11 Å². The minimum Gasteiger partial charge on any atom is -0.497 e. The van der Waals surface area contributed by atoms with Crippen molar-refractivity contribution in [3.05, 3.63) is 65.7 Å². The van der Waals surface area contributed by atoms with Gasteiger partial charge in [-0.3, -0.25) is 14.4 Å². The average Bonchev–Trinajstić information content (AvgIpc) is 2.67. The van der Waals surface area contributed by atoms with Crippen LogP contribution in [0.1, 0.15) is 47.5 Å². The molecule has 1 aliphatic carbocycles. The summed E-state index contributed by atoms with van der Waals surface area (Å²) in [4.78, 5) is 37.8. The van der Waals surface area contributed by atoms with Crippen LogP contribution in [0.5, 0.6) is 5.75 Å². The van der Waals surface area contributed by atoms with Crippen LogP contribution in [0.2, 0.25) is 0 Å². The summed E-state index contributed by atoms with van der Waals surface area (Å²) in [7, 11) is 1.58. The zero-order chi connectivity index (χ0) is 18.5. The van der Waals surface area contributed by atoms with Gasteiger partial charge in [0.25, 0.3) is 0 Å². The third kappa shape index (κ3) is 3.90.